The van der Waals surface area contributed by atoms with Gasteiger partial charge in [-0.1, -0.05) is 24.3 Å². The van der Waals surface area contributed by atoms with Gasteiger partial charge >= 0.3 is 0 Å². The van der Waals surface area contributed by atoms with Gasteiger partial charge in [0.25, 0.3) is 0 Å². The molecule has 2 aromatic rings. The minimum atomic E-state index is -0.626. The summed E-state index contributed by atoms with van der Waals surface area (Å²) in [5, 5.41) is 14.5. The largest absolute Gasteiger partial charge is 0.491 e. The SMILES string of the molecule is CC1=CCCC(C)=C1NC(O)CCOc1cccc2cccnc12. The fourth-order valence-corrected chi connectivity index (χ4v) is 3.02. The van der Waals surface area contributed by atoms with E-state index < -0.39 is 6.23 Å². The zero-order valence-corrected chi connectivity index (χ0v) is 14.2. The predicted octanol–water partition coefficient (Wildman–Crippen LogP) is 3.93. The number of nitrogens with zero attached hydrogens (tertiary/aromatic N) is 1. The van der Waals surface area contributed by atoms with Crippen LogP contribution in [0.25, 0.3) is 10.9 Å². The molecule has 0 amide bonds. The molecule has 1 aromatic carbocycles. The second-order valence-electron chi connectivity index (χ2n) is 6.21. The first-order valence-corrected chi connectivity index (χ1v) is 8.43. The van der Waals surface area contributed by atoms with E-state index in [4.69, 9.17) is 4.74 Å². The molecule has 126 valence electrons. The van der Waals surface area contributed by atoms with Crippen molar-refractivity contribution in [2.24, 2.45) is 0 Å². The van der Waals surface area contributed by atoms with E-state index in [0.717, 1.165) is 35.2 Å². The minimum Gasteiger partial charge on any atom is -0.491 e. The second kappa shape index (κ2) is 7.49. The van der Waals surface area contributed by atoms with Crippen LogP contribution in [-0.4, -0.2) is 22.9 Å². The number of rotatable bonds is 6. The Morgan fingerprint density at radius 1 is 1.25 bits per heavy atom. The van der Waals surface area contributed by atoms with Crippen molar-refractivity contribution in [3.63, 3.8) is 0 Å². The van der Waals surface area contributed by atoms with Gasteiger partial charge in [-0.15, -0.1) is 0 Å². The Labute approximate surface area is 142 Å². The quantitative estimate of drug-likeness (QED) is 0.791. The van der Waals surface area contributed by atoms with E-state index in [-0.39, 0.29) is 0 Å². The molecule has 1 aliphatic carbocycles. The maximum Gasteiger partial charge on any atom is 0.145 e. The molecule has 0 saturated carbocycles. The molecule has 24 heavy (non-hydrogen) atoms. The summed E-state index contributed by atoms with van der Waals surface area (Å²) in [7, 11) is 0. The lowest BCUT2D eigenvalue weighted by atomic mass is 9.98. The number of ether oxygens (including phenoxy) is 1. The van der Waals surface area contributed by atoms with Crippen molar-refractivity contribution >= 4 is 10.9 Å². The van der Waals surface area contributed by atoms with E-state index in [2.05, 4.69) is 30.2 Å². The number of aliphatic hydroxyl groups excluding tert-OH is 1. The molecule has 3 rings (SSSR count). The van der Waals surface area contributed by atoms with E-state index in [1.54, 1.807) is 6.20 Å². The molecule has 1 aromatic heterocycles. The van der Waals surface area contributed by atoms with E-state index in [9.17, 15) is 5.11 Å². The number of pyridine rings is 1. The topological polar surface area (TPSA) is 54.4 Å². The lowest BCUT2D eigenvalue weighted by Crippen LogP contribution is -2.31. The Balaban J connectivity index is 1.57. The summed E-state index contributed by atoms with van der Waals surface area (Å²) in [6.07, 6.45) is 5.98. The highest BCUT2D eigenvalue weighted by Gasteiger charge is 2.13. The van der Waals surface area contributed by atoms with Gasteiger partial charge in [-0.2, -0.15) is 0 Å². The molecule has 0 fully saturated rings. The molecule has 1 aliphatic rings. The Hall–Kier alpha value is -2.33. The molecule has 0 bridgehead atoms. The third-order valence-electron chi connectivity index (χ3n) is 4.35. The summed E-state index contributed by atoms with van der Waals surface area (Å²) in [4.78, 5) is 4.37. The Morgan fingerprint density at radius 2 is 2.08 bits per heavy atom. The molecule has 4 heteroatoms. The van der Waals surface area contributed by atoms with Crippen molar-refractivity contribution in [2.75, 3.05) is 6.61 Å². The fraction of sp³-hybridized carbons (Fsp3) is 0.350. The van der Waals surface area contributed by atoms with Crippen molar-refractivity contribution in [1.82, 2.24) is 10.3 Å². The third kappa shape index (κ3) is 3.77. The summed E-state index contributed by atoms with van der Waals surface area (Å²) < 4.78 is 5.84. The molecular weight excluding hydrogens is 300 g/mol. The van der Waals surface area contributed by atoms with Crippen LogP contribution >= 0.6 is 0 Å². The number of aliphatic hydroxyl groups is 1. The summed E-state index contributed by atoms with van der Waals surface area (Å²) in [5.41, 5.74) is 4.43. The van der Waals surface area contributed by atoms with Crippen molar-refractivity contribution in [3.8, 4) is 5.75 Å². The van der Waals surface area contributed by atoms with Crippen LogP contribution < -0.4 is 10.1 Å². The maximum atomic E-state index is 10.3. The number of para-hydroxylation sites is 1. The van der Waals surface area contributed by atoms with Gasteiger partial charge in [0.2, 0.25) is 0 Å². The second-order valence-corrected chi connectivity index (χ2v) is 6.21. The predicted molar refractivity (Wildman–Crippen MR) is 96.7 cm³/mol. The third-order valence-corrected chi connectivity index (χ3v) is 4.35. The zero-order valence-electron chi connectivity index (χ0n) is 14.2. The smallest absolute Gasteiger partial charge is 0.145 e. The van der Waals surface area contributed by atoms with Crippen molar-refractivity contribution in [2.45, 2.75) is 39.3 Å². The summed E-state index contributed by atoms with van der Waals surface area (Å²) >= 11 is 0. The summed E-state index contributed by atoms with van der Waals surface area (Å²) in [6.45, 7) is 4.62. The Morgan fingerprint density at radius 3 is 2.92 bits per heavy atom. The van der Waals surface area contributed by atoms with Crippen molar-refractivity contribution in [3.05, 3.63) is 59.4 Å². The van der Waals surface area contributed by atoms with Gasteiger partial charge in [0.15, 0.2) is 0 Å². The van der Waals surface area contributed by atoms with Gasteiger partial charge in [-0.3, -0.25) is 4.98 Å². The van der Waals surface area contributed by atoms with Crippen LogP contribution in [0.1, 0.15) is 33.1 Å². The van der Waals surface area contributed by atoms with E-state index in [1.807, 2.05) is 30.3 Å². The van der Waals surface area contributed by atoms with Crippen LogP contribution in [-0.2, 0) is 0 Å². The maximum absolute atomic E-state index is 10.3. The monoisotopic (exact) mass is 324 g/mol. The van der Waals surface area contributed by atoms with E-state index >= 15 is 0 Å². The van der Waals surface area contributed by atoms with Gasteiger partial charge in [0.05, 0.1) is 6.61 Å². The van der Waals surface area contributed by atoms with Gasteiger partial charge in [0.1, 0.15) is 17.5 Å². The molecule has 4 nitrogen and oxygen atoms in total. The lowest BCUT2D eigenvalue weighted by Gasteiger charge is -2.23. The zero-order chi connectivity index (χ0) is 16.9. The van der Waals surface area contributed by atoms with Crippen LogP contribution in [0.5, 0.6) is 5.75 Å². The average Bonchev–Trinajstić information content (AvgIpc) is 2.58. The summed E-state index contributed by atoms with van der Waals surface area (Å²) in [5.74, 6) is 0.754. The normalized spacial score (nSPS) is 16.0. The molecule has 1 unspecified atom stereocenters. The van der Waals surface area contributed by atoms with Gasteiger partial charge in [-0.05, 0) is 50.0 Å². The average molecular weight is 324 g/mol. The highest BCUT2D eigenvalue weighted by molar-refractivity contribution is 5.84. The molecule has 2 N–H and O–H groups in total. The molecule has 0 spiro atoms. The number of fused-ring (bicyclic) bond motifs is 1. The number of aromatic nitrogens is 1. The number of benzene rings is 1. The highest BCUT2D eigenvalue weighted by atomic mass is 16.5. The van der Waals surface area contributed by atoms with Gasteiger partial charge < -0.3 is 15.2 Å². The Bertz CT molecular complexity index is 775. The molecular formula is C20H24N2O2. The minimum absolute atomic E-state index is 0.430. The molecule has 0 saturated heterocycles. The van der Waals surface area contributed by atoms with Gasteiger partial charge in [0, 0.05) is 23.7 Å². The first-order chi connectivity index (χ1) is 11.6. The van der Waals surface area contributed by atoms with Crippen LogP contribution in [0.15, 0.2) is 59.4 Å². The van der Waals surface area contributed by atoms with Crippen LogP contribution in [0.2, 0.25) is 0 Å². The highest BCUT2D eigenvalue weighted by Crippen LogP contribution is 2.24. The number of nitrogens with one attached hydrogen (secondary N) is 1. The Kier molecular flexibility index (Phi) is 5.16. The first-order valence-electron chi connectivity index (χ1n) is 8.43. The van der Waals surface area contributed by atoms with Gasteiger partial charge in [-0.25, -0.2) is 0 Å². The number of allylic oxidation sites excluding steroid dienone is 3. The van der Waals surface area contributed by atoms with Crippen LogP contribution in [0.3, 0.4) is 0 Å². The lowest BCUT2D eigenvalue weighted by molar-refractivity contribution is 0.118. The molecule has 0 radical (unpaired) electrons. The fourth-order valence-electron chi connectivity index (χ4n) is 3.02. The standard InChI is InChI=1S/C20H24N2O2/c1-14-6-3-7-15(2)19(14)22-18(23)11-13-24-17-10-4-8-16-9-5-12-21-20(16)17/h4-6,8-10,12,18,22-23H,3,7,11,13H2,1-2H3. The summed E-state index contributed by atoms with van der Waals surface area (Å²) in [6, 6.07) is 9.81. The van der Waals surface area contributed by atoms with Crippen LogP contribution in [0.4, 0.5) is 0 Å². The van der Waals surface area contributed by atoms with E-state index in [1.165, 1.54) is 11.1 Å². The number of hydrogen-bond acceptors (Lipinski definition) is 4. The first kappa shape index (κ1) is 16.5. The van der Waals surface area contributed by atoms with Crippen LogP contribution in [0, 0.1) is 0 Å². The number of hydrogen-bond donors (Lipinski definition) is 2. The van der Waals surface area contributed by atoms with Crippen molar-refractivity contribution in [1.29, 1.82) is 0 Å². The van der Waals surface area contributed by atoms with Crippen molar-refractivity contribution < 1.29 is 9.84 Å². The van der Waals surface area contributed by atoms with E-state index in [0.29, 0.717) is 13.0 Å². The molecule has 1 atom stereocenters. The molecule has 1 heterocycles. The molecule has 0 aliphatic heterocycles.